The van der Waals surface area contributed by atoms with Gasteiger partial charge in [-0.05, 0) is 19.1 Å². The normalized spacial score (nSPS) is 11.7. The van der Waals surface area contributed by atoms with Crippen LogP contribution in [0.15, 0.2) is 22.8 Å². The van der Waals surface area contributed by atoms with Gasteiger partial charge in [-0.25, -0.2) is 0 Å². The molecule has 14 heavy (non-hydrogen) atoms. The van der Waals surface area contributed by atoms with Crippen LogP contribution in [0.25, 0.3) is 0 Å². The fourth-order valence-corrected chi connectivity index (χ4v) is 1.05. The van der Waals surface area contributed by atoms with Crippen molar-refractivity contribution in [2.24, 2.45) is 5.92 Å². The predicted molar refractivity (Wildman–Crippen MR) is 48.1 cm³/mol. The molecule has 0 aliphatic rings. The van der Waals surface area contributed by atoms with Crippen molar-refractivity contribution in [3.8, 4) is 6.07 Å². The predicted octanol–water partition coefficient (Wildman–Crippen LogP) is 1.52. The van der Waals surface area contributed by atoms with Crippen molar-refractivity contribution in [3.63, 3.8) is 0 Å². The quantitative estimate of drug-likeness (QED) is 0.680. The van der Waals surface area contributed by atoms with E-state index in [0.717, 1.165) is 0 Å². The largest absolute Gasteiger partial charge is 0.469 e. The second-order valence-corrected chi connectivity index (χ2v) is 2.72. The Morgan fingerprint density at radius 3 is 3.07 bits per heavy atom. The molecule has 0 fully saturated rings. The molecule has 1 rings (SSSR count). The standard InChI is InChI=1S/C10H11NO3/c1-2-13-10(12)8(7-11)6-9-4-3-5-14-9/h3-5,8H,2,6H2,1H3. The molecule has 4 nitrogen and oxygen atoms in total. The lowest BCUT2D eigenvalue weighted by molar-refractivity contribution is -0.146. The van der Waals surface area contributed by atoms with E-state index in [9.17, 15) is 4.79 Å². The highest BCUT2D eigenvalue weighted by atomic mass is 16.5. The summed E-state index contributed by atoms with van der Waals surface area (Å²) in [5.74, 6) is -0.655. The van der Waals surface area contributed by atoms with Crippen molar-refractivity contribution in [2.75, 3.05) is 6.61 Å². The Hall–Kier alpha value is -1.76. The van der Waals surface area contributed by atoms with E-state index in [4.69, 9.17) is 14.4 Å². The summed E-state index contributed by atoms with van der Waals surface area (Å²) in [6.45, 7) is 1.99. The van der Waals surface area contributed by atoms with Crippen molar-refractivity contribution < 1.29 is 13.9 Å². The summed E-state index contributed by atoms with van der Waals surface area (Å²) in [5, 5.41) is 8.73. The van der Waals surface area contributed by atoms with Crippen molar-refractivity contribution in [3.05, 3.63) is 24.2 Å². The van der Waals surface area contributed by atoms with Crippen LogP contribution in [0.1, 0.15) is 12.7 Å². The number of hydrogen-bond donors (Lipinski definition) is 0. The molecule has 1 aromatic rings. The Morgan fingerprint density at radius 2 is 2.57 bits per heavy atom. The van der Waals surface area contributed by atoms with Gasteiger partial charge in [-0.2, -0.15) is 5.26 Å². The van der Waals surface area contributed by atoms with Gasteiger partial charge in [-0.1, -0.05) is 0 Å². The number of carbonyl (C=O) groups excluding carboxylic acids is 1. The third-order valence-electron chi connectivity index (χ3n) is 1.71. The number of nitrogens with zero attached hydrogens (tertiary/aromatic N) is 1. The molecule has 1 aromatic heterocycles. The van der Waals surface area contributed by atoms with Crippen LogP contribution in [0.3, 0.4) is 0 Å². The minimum absolute atomic E-state index is 0.266. The molecule has 1 unspecified atom stereocenters. The minimum Gasteiger partial charge on any atom is -0.469 e. The number of rotatable bonds is 4. The van der Waals surface area contributed by atoms with Gasteiger partial charge in [-0.3, -0.25) is 4.79 Å². The maximum absolute atomic E-state index is 11.2. The number of nitriles is 1. The lowest BCUT2D eigenvalue weighted by Gasteiger charge is -2.05. The van der Waals surface area contributed by atoms with Crippen LogP contribution in [0.2, 0.25) is 0 Å². The van der Waals surface area contributed by atoms with Crippen LogP contribution in [0.5, 0.6) is 0 Å². The summed E-state index contributed by atoms with van der Waals surface area (Å²) in [6.07, 6.45) is 1.78. The zero-order valence-electron chi connectivity index (χ0n) is 7.90. The van der Waals surface area contributed by atoms with Crippen LogP contribution >= 0.6 is 0 Å². The summed E-state index contributed by atoms with van der Waals surface area (Å²) in [4.78, 5) is 11.2. The van der Waals surface area contributed by atoms with Crippen LogP contribution < -0.4 is 0 Å². The highest BCUT2D eigenvalue weighted by Gasteiger charge is 2.20. The van der Waals surface area contributed by atoms with Gasteiger partial charge in [0.05, 0.1) is 18.9 Å². The second kappa shape index (κ2) is 5.07. The molecular formula is C10H11NO3. The molecule has 74 valence electrons. The second-order valence-electron chi connectivity index (χ2n) is 2.72. The van der Waals surface area contributed by atoms with Gasteiger partial charge in [0.15, 0.2) is 5.92 Å². The number of carbonyl (C=O) groups is 1. The molecule has 1 heterocycles. The molecular weight excluding hydrogens is 182 g/mol. The van der Waals surface area contributed by atoms with E-state index in [0.29, 0.717) is 5.76 Å². The number of hydrogen-bond acceptors (Lipinski definition) is 4. The van der Waals surface area contributed by atoms with Gasteiger partial charge in [0, 0.05) is 6.42 Å². The molecule has 0 radical (unpaired) electrons. The average molecular weight is 193 g/mol. The van der Waals surface area contributed by atoms with E-state index in [1.807, 2.05) is 6.07 Å². The summed E-state index contributed by atoms with van der Waals surface area (Å²) >= 11 is 0. The van der Waals surface area contributed by atoms with Gasteiger partial charge in [0.2, 0.25) is 0 Å². The smallest absolute Gasteiger partial charge is 0.323 e. The number of furan rings is 1. The van der Waals surface area contributed by atoms with Crippen LogP contribution in [0.4, 0.5) is 0 Å². The molecule has 0 bridgehead atoms. The molecule has 0 saturated carbocycles. The fourth-order valence-electron chi connectivity index (χ4n) is 1.05. The first kappa shape index (κ1) is 10.3. The van der Waals surface area contributed by atoms with E-state index >= 15 is 0 Å². The molecule has 0 saturated heterocycles. The van der Waals surface area contributed by atoms with Crippen LogP contribution in [-0.2, 0) is 16.0 Å². The van der Waals surface area contributed by atoms with Crippen molar-refractivity contribution >= 4 is 5.97 Å². The third-order valence-corrected chi connectivity index (χ3v) is 1.71. The zero-order chi connectivity index (χ0) is 10.4. The van der Waals surface area contributed by atoms with Crippen molar-refractivity contribution in [1.82, 2.24) is 0 Å². The monoisotopic (exact) mass is 193 g/mol. The lowest BCUT2D eigenvalue weighted by atomic mass is 10.1. The van der Waals surface area contributed by atoms with Gasteiger partial charge < -0.3 is 9.15 Å². The molecule has 0 N–H and O–H groups in total. The highest BCUT2D eigenvalue weighted by molar-refractivity contribution is 5.75. The van der Waals surface area contributed by atoms with E-state index in [1.54, 1.807) is 19.1 Å². The summed E-state index contributed by atoms with van der Waals surface area (Å²) in [5.41, 5.74) is 0. The number of esters is 1. The summed E-state index contributed by atoms with van der Waals surface area (Å²) in [7, 11) is 0. The Bertz CT molecular complexity index is 324. The first-order valence-electron chi connectivity index (χ1n) is 4.36. The Balaban J connectivity index is 2.56. The van der Waals surface area contributed by atoms with Gasteiger partial charge >= 0.3 is 5.97 Å². The first-order chi connectivity index (χ1) is 6.77. The molecule has 0 amide bonds. The maximum Gasteiger partial charge on any atom is 0.323 e. The van der Waals surface area contributed by atoms with Crippen molar-refractivity contribution in [2.45, 2.75) is 13.3 Å². The van der Waals surface area contributed by atoms with Gasteiger partial charge in [0.25, 0.3) is 0 Å². The summed E-state index contributed by atoms with van der Waals surface area (Å²) in [6, 6.07) is 5.33. The Kier molecular flexibility index (Phi) is 3.74. The third kappa shape index (κ3) is 2.63. The van der Waals surface area contributed by atoms with Crippen LogP contribution in [0, 0.1) is 17.2 Å². The van der Waals surface area contributed by atoms with E-state index < -0.39 is 11.9 Å². The van der Waals surface area contributed by atoms with Gasteiger partial charge in [-0.15, -0.1) is 0 Å². The van der Waals surface area contributed by atoms with Crippen LogP contribution in [-0.4, -0.2) is 12.6 Å². The molecule has 1 atom stereocenters. The average Bonchev–Trinajstić information content (AvgIpc) is 2.66. The fraction of sp³-hybridized carbons (Fsp3) is 0.400. The van der Waals surface area contributed by atoms with E-state index in [-0.39, 0.29) is 13.0 Å². The van der Waals surface area contributed by atoms with E-state index in [1.165, 1.54) is 6.26 Å². The molecule has 0 aliphatic heterocycles. The Morgan fingerprint density at radius 1 is 1.79 bits per heavy atom. The number of ether oxygens (including phenoxy) is 1. The molecule has 0 spiro atoms. The van der Waals surface area contributed by atoms with Crippen molar-refractivity contribution in [1.29, 1.82) is 5.26 Å². The zero-order valence-corrected chi connectivity index (χ0v) is 7.90. The minimum atomic E-state index is -0.777. The maximum atomic E-state index is 11.2. The first-order valence-corrected chi connectivity index (χ1v) is 4.36. The van der Waals surface area contributed by atoms with Gasteiger partial charge in [0.1, 0.15) is 5.76 Å². The Labute approximate surface area is 82.1 Å². The molecule has 0 aliphatic carbocycles. The SMILES string of the molecule is CCOC(=O)C(C#N)Cc1ccco1. The molecule has 4 heteroatoms. The highest BCUT2D eigenvalue weighted by Crippen LogP contribution is 2.10. The van der Waals surface area contributed by atoms with E-state index in [2.05, 4.69) is 0 Å². The molecule has 0 aromatic carbocycles. The topological polar surface area (TPSA) is 63.2 Å². The summed E-state index contributed by atoms with van der Waals surface area (Å²) < 4.78 is 9.78. The lowest BCUT2D eigenvalue weighted by Crippen LogP contribution is -2.18.